The average molecular weight is 375 g/mol. The minimum absolute atomic E-state index is 0.0141. The van der Waals surface area contributed by atoms with Crippen molar-refractivity contribution in [3.05, 3.63) is 33.9 Å². The third-order valence-corrected chi connectivity index (χ3v) is 5.63. The molecule has 1 N–H and O–H groups in total. The van der Waals surface area contributed by atoms with Crippen molar-refractivity contribution >= 4 is 11.6 Å². The molecule has 1 rings (SSSR count). The molecule has 0 amide bonds. The molecule has 3 heteroatoms. The van der Waals surface area contributed by atoms with Gasteiger partial charge in [-0.25, -0.2) is 0 Å². The maximum absolute atomic E-state index is 13.2. The van der Waals surface area contributed by atoms with E-state index in [1.807, 2.05) is 20.8 Å². The van der Waals surface area contributed by atoms with E-state index in [1.54, 1.807) is 6.92 Å². The Kier molecular flexibility index (Phi) is 8.41. The molecule has 0 spiro atoms. The highest BCUT2D eigenvalue weighted by Gasteiger charge is 2.38. The van der Waals surface area contributed by atoms with Gasteiger partial charge < -0.3 is 5.11 Å². The first-order valence-corrected chi connectivity index (χ1v) is 10.2. The van der Waals surface area contributed by atoms with E-state index < -0.39 is 0 Å². The van der Waals surface area contributed by atoms with Gasteiger partial charge in [-0.3, -0.25) is 9.59 Å². The van der Waals surface area contributed by atoms with Crippen LogP contribution < -0.4 is 0 Å². The quantitative estimate of drug-likeness (QED) is 0.445. The molecule has 0 aromatic carbocycles. The summed E-state index contributed by atoms with van der Waals surface area (Å²) in [5.74, 6) is 0.0492. The van der Waals surface area contributed by atoms with Gasteiger partial charge in [0.15, 0.2) is 11.6 Å². The zero-order valence-electron chi connectivity index (χ0n) is 18.5. The minimum atomic E-state index is -0.333. The molecule has 27 heavy (non-hydrogen) atoms. The van der Waals surface area contributed by atoms with Crippen LogP contribution in [0.25, 0.3) is 0 Å². The summed E-state index contributed by atoms with van der Waals surface area (Å²) in [6, 6.07) is 0. The highest BCUT2D eigenvalue weighted by atomic mass is 16.3. The Bertz CT molecular complexity index is 672. The number of ketones is 2. The van der Waals surface area contributed by atoms with E-state index in [1.165, 1.54) is 0 Å². The molecule has 0 radical (unpaired) electrons. The fourth-order valence-electron chi connectivity index (χ4n) is 4.34. The van der Waals surface area contributed by atoms with Gasteiger partial charge in [0.2, 0.25) is 0 Å². The van der Waals surface area contributed by atoms with Crippen LogP contribution in [0.1, 0.15) is 81.1 Å². The summed E-state index contributed by atoms with van der Waals surface area (Å²) in [5.41, 5.74) is 4.58. The summed E-state index contributed by atoms with van der Waals surface area (Å²) in [4.78, 5) is 26.0. The Morgan fingerprint density at radius 2 is 1.81 bits per heavy atom. The predicted molar refractivity (Wildman–Crippen MR) is 113 cm³/mol. The number of Topliss-reactive ketones (excluding diaryl/α,β-unsaturated/α-hetero) is 2. The molecule has 0 saturated heterocycles. The molecular formula is C24H38O3. The third-order valence-electron chi connectivity index (χ3n) is 5.63. The van der Waals surface area contributed by atoms with E-state index in [-0.39, 0.29) is 35.4 Å². The maximum Gasteiger partial charge on any atom is 0.160 e. The SMILES string of the molecule is CC/C=C(\CCO)C(C1=C(C)CC(C)(C)CC1=O)/C(C(C)=O)=C(\C)C(C)C. The minimum Gasteiger partial charge on any atom is -0.396 e. The molecule has 1 aliphatic rings. The molecular weight excluding hydrogens is 336 g/mol. The van der Waals surface area contributed by atoms with Gasteiger partial charge in [-0.2, -0.15) is 0 Å². The summed E-state index contributed by atoms with van der Waals surface area (Å²) in [7, 11) is 0. The monoisotopic (exact) mass is 374 g/mol. The zero-order valence-corrected chi connectivity index (χ0v) is 18.5. The van der Waals surface area contributed by atoms with Crippen molar-refractivity contribution in [3.8, 4) is 0 Å². The van der Waals surface area contributed by atoms with E-state index >= 15 is 0 Å². The van der Waals surface area contributed by atoms with Crippen molar-refractivity contribution in [2.75, 3.05) is 6.61 Å². The molecule has 0 aliphatic heterocycles. The summed E-state index contributed by atoms with van der Waals surface area (Å²) in [5, 5.41) is 9.65. The molecule has 1 unspecified atom stereocenters. The topological polar surface area (TPSA) is 54.4 Å². The van der Waals surface area contributed by atoms with E-state index in [4.69, 9.17) is 0 Å². The first kappa shape index (κ1) is 23.6. The van der Waals surface area contributed by atoms with E-state index in [2.05, 4.69) is 33.8 Å². The molecule has 1 aliphatic carbocycles. The first-order chi connectivity index (χ1) is 12.5. The normalized spacial score (nSPS) is 20.1. The predicted octanol–water partition coefficient (Wildman–Crippen LogP) is 5.59. The molecule has 152 valence electrons. The van der Waals surface area contributed by atoms with Gasteiger partial charge in [-0.1, -0.05) is 57.4 Å². The molecule has 0 bridgehead atoms. The van der Waals surface area contributed by atoms with Crippen LogP contribution >= 0.6 is 0 Å². The Balaban J connectivity index is 3.80. The molecule has 1 atom stereocenters. The van der Waals surface area contributed by atoms with Crippen LogP contribution in [-0.2, 0) is 9.59 Å². The van der Waals surface area contributed by atoms with Crippen LogP contribution in [0.3, 0.4) is 0 Å². The summed E-state index contributed by atoms with van der Waals surface area (Å²) in [6.45, 7) is 16.1. The standard InChI is InChI=1S/C24H38O3/c1-9-10-19(11-12-25)23(22(18(6)26)17(5)15(2)3)21-16(4)13-24(7,8)14-20(21)27/h10,15,23,25H,9,11-14H2,1-8H3/b19-10+,22-17+. The lowest BCUT2D eigenvalue weighted by molar-refractivity contribution is -0.118. The molecule has 0 saturated carbocycles. The Morgan fingerprint density at radius 3 is 2.22 bits per heavy atom. The lowest BCUT2D eigenvalue weighted by Crippen LogP contribution is -2.31. The number of aliphatic hydroxyl groups excluding tert-OH is 1. The smallest absolute Gasteiger partial charge is 0.160 e. The number of aliphatic hydroxyl groups is 1. The first-order valence-electron chi connectivity index (χ1n) is 10.2. The summed E-state index contributed by atoms with van der Waals surface area (Å²) < 4.78 is 0. The number of allylic oxidation sites excluding steroid dienone is 5. The summed E-state index contributed by atoms with van der Waals surface area (Å²) >= 11 is 0. The van der Waals surface area contributed by atoms with Crippen LogP contribution in [0, 0.1) is 17.3 Å². The number of carbonyl (C=O) groups excluding carboxylic acids is 2. The number of carbonyl (C=O) groups is 2. The fourth-order valence-corrected chi connectivity index (χ4v) is 4.34. The number of hydrogen-bond donors (Lipinski definition) is 1. The molecule has 0 aromatic rings. The van der Waals surface area contributed by atoms with Crippen LogP contribution in [0.5, 0.6) is 0 Å². The Hall–Kier alpha value is -1.48. The molecule has 0 fully saturated rings. The van der Waals surface area contributed by atoms with Gasteiger partial charge in [-0.15, -0.1) is 0 Å². The fraction of sp³-hybridized carbons (Fsp3) is 0.667. The van der Waals surface area contributed by atoms with Crippen LogP contribution in [0.15, 0.2) is 33.9 Å². The van der Waals surface area contributed by atoms with Gasteiger partial charge in [-0.05, 0) is 51.4 Å². The molecule has 0 aromatic heterocycles. The van der Waals surface area contributed by atoms with E-state index in [9.17, 15) is 14.7 Å². The van der Waals surface area contributed by atoms with Crippen LogP contribution in [-0.4, -0.2) is 23.3 Å². The molecule has 0 heterocycles. The highest BCUT2D eigenvalue weighted by Crippen LogP contribution is 2.44. The lowest BCUT2D eigenvalue weighted by Gasteiger charge is -2.36. The Labute approximate surface area is 165 Å². The molecule has 3 nitrogen and oxygen atoms in total. The van der Waals surface area contributed by atoms with Gasteiger partial charge in [0, 0.05) is 30.1 Å². The average Bonchev–Trinajstić information content (AvgIpc) is 2.51. The van der Waals surface area contributed by atoms with Crippen molar-refractivity contribution in [1.82, 2.24) is 0 Å². The van der Waals surface area contributed by atoms with Crippen molar-refractivity contribution < 1.29 is 14.7 Å². The van der Waals surface area contributed by atoms with Crippen molar-refractivity contribution in [2.45, 2.75) is 81.1 Å². The van der Waals surface area contributed by atoms with Crippen molar-refractivity contribution in [2.24, 2.45) is 17.3 Å². The van der Waals surface area contributed by atoms with Crippen LogP contribution in [0.2, 0.25) is 0 Å². The van der Waals surface area contributed by atoms with Crippen molar-refractivity contribution in [3.63, 3.8) is 0 Å². The number of rotatable bonds is 8. The summed E-state index contributed by atoms with van der Waals surface area (Å²) in [6.07, 6.45) is 4.73. The second kappa shape index (κ2) is 9.64. The second-order valence-corrected chi connectivity index (χ2v) is 9.04. The Morgan fingerprint density at radius 1 is 1.22 bits per heavy atom. The largest absolute Gasteiger partial charge is 0.396 e. The van der Waals surface area contributed by atoms with Gasteiger partial charge >= 0.3 is 0 Å². The van der Waals surface area contributed by atoms with Crippen LogP contribution in [0.4, 0.5) is 0 Å². The van der Waals surface area contributed by atoms with E-state index in [0.717, 1.165) is 40.7 Å². The number of hydrogen-bond acceptors (Lipinski definition) is 3. The lowest BCUT2D eigenvalue weighted by atomic mass is 9.67. The highest BCUT2D eigenvalue weighted by molar-refractivity contribution is 6.03. The van der Waals surface area contributed by atoms with Gasteiger partial charge in [0.25, 0.3) is 0 Å². The maximum atomic E-state index is 13.2. The zero-order chi connectivity index (χ0) is 20.9. The van der Waals surface area contributed by atoms with E-state index in [0.29, 0.717) is 12.8 Å². The van der Waals surface area contributed by atoms with Gasteiger partial charge in [0.1, 0.15) is 0 Å². The third kappa shape index (κ3) is 5.75. The van der Waals surface area contributed by atoms with Gasteiger partial charge in [0.05, 0.1) is 0 Å². The second-order valence-electron chi connectivity index (χ2n) is 9.04. The van der Waals surface area contributed by atoms with Crippen molar-refractivity contribution in [1.29, 1.82) is 0 Å².